The van der Waals surface area contributed by atoms with Crippen molar-refractivity contribution < 1.29 is 19.1 Å². The van der Waals surface area contributed by atoms with Crippen molar-refractivity contribution in [2.45, 2.75) is 13.0 Å². The molecule has 1 atom stereocenters. The van der Waals surface area contributed by atoms with Gasteiger partial charge in [-0.25, -0.2) is 0 Å². The molecule has 0 bridgehead atoms. The number of nitrogens with one attached hydrogen (secondary N) is 1. The summed E-state index contributed by atoms with van der Waals surface area (Å²) in [5.41, 5.74) is 0.962. The molecule has 0 radical (unpaired) electrons. The predicted molar refractivity (Wildman–Crippen MR) is 101 cm³/mol. The average molecular weight is 395 g/mol. The Balaban J connectivity index is 1.83. The largest absolute Gasteiger partial charge is 0.495 e. The quantitative estimate of drug-likeness (QED) is 0.856. The van der Waals surface area contributed by atoms with Gasteiger partial charge in [0.25, 0.3) is 5.91 Å². The van der Waals surface area contributed by atoms with Crippen LogP contribution in [0, 0.1) is 0 Å². The van der Waals surface area contributed by atoms with Crippen LogP contribution in [0.5, 0.6) is 11.5 Å². The molecule has 0 saturated heterocycles. The zero-order chi connectivity index (χ0) is 18.8. The van der Waals surface area contributed by atoms with Crippen LogP contribution in [0.2, 0.25) is 10.0 Å². The molecular formula is C18H16Cl2N2O4. The molecule has 6 nitrogen and oxygen atoms in total. The number of ether oxygens (including phenoxy) is 2. The van der Waals surface area contributed by atoms with Gasteiger partial charge in [-0.15, -0.1) is 0 Å². The number of methoxy groups -OCH3 is 1. The van der Waals surface area contributed by atoms with E-state index in [-0.39, 0.29) is 18.4 Å². The molecule has 1 heterocycles. The monoisotopic (exact) mass is 394 g/mol. The van der Waals surface area contributed by atoms with Crippen LogP contribution >= 0.6 is 23.2 Å². The third kappa shape index (κ3) is 3.57. The summed E-state index contributed by atoms with van der Waals surface area (Å²) in [6.45, 7) is 1.50. The number of carbonyl (C=O) groups is 2. The van der Waals surface area contributed by atoms with Crippen molar-refractivity contribution in [2.24, 2.45) is 0 Å². The average Bonchev–Trinajstić information content (AvgIpc) is 2.61. The van der Waals surface area contributed by atoms with Crippen LogP contribution in [0.4, 0.5) is 11.4 Å². The maximum atomic E-state index is 12.7. The smallest absolute Gasteiger partial charge is 0.265 e. The lowest BCUT2D eigenvalue weighted by Crippen LogP contribution is -2.49. The van der Waals surface area contributed by atoms with Crippen LogP contribution in [0.1, 0.15) is 6.92 Å². The molecule has 3 rings (SSSR count). The number of rotatable bonds is 4. The summed E-state index contributed by atoms with van der Waals surface area (Å²) in [5, 5.41) is 3.57. The molecule has 26 heavy (non-hydrogen) atoms. The van der Waals surface area contributed by atoms with Gasteiger partial charge in [-0.1, -0.05) is 23.2 Å². The number of hydrogen-bond acceptors (Lipinski definition) is 4. The first-order chi connectivity index (χ1) is 12.4. The van der Waals surface area contributed by atoms with E-state index in [1.54, 1.807) is 43.3 Å². The first-order valence-electron chi connectivity index (χ1n) is 7.79. The van der Waals surface area contributed by atoms with Gasteiger partial charge < -0.3 is 14.8 Å². The van der Waals surface area contributed by atoms with Crippen molar-refractivity contribution >= 4 is 46.4 Å². The second kappa shape index (κ2) is 7.43. The summed E-state index contributed by atoms with van der Waals surface area (Å²) < 4.78 is 10.5. The highest BCUT2D eigenvalue weighted by Gasteiger charge is 2.33. The third-order valence-corrected chi connectivity index (χ3v) is 4.52. The van der Waals surface area contributed by atoms with E-state index in [4.69, 9.17) is 32.7 Å². The van der Waals surface area contributed by atoms with Gasteiger partial charge in [0.05, 0.1) is 17.8 Å². The standard InChI is InChI=1S/C18H16Cl2N2O4/c1-10(18(24)21-12-4-6-15(25-2)13(20)8-12)22-14-7-11(19)3-5-16(14)26-9-17(22)23/h3-8,10H,9H2,1-2H3,(H,21,24). The molecular weight excluding hydrogens is 379 g/mol. The minimum Gasteiger partial charge on any atom is -0.495 e. The minimum absolute atomic E-state index is 0.138. The number of amides is 2. The Morgan fingerprint density at radius 2 is 2.04 bits per heavy atom. The highest BCUT2D eigenvalue weighted by molar-refractivity contribution is 6.32. The van der Waals surface area contributed by atoms with Gasteiger partial charge in [0.15, 0.2) is 6.61 Å². The van der Waals surface area contributed by atoms with E-state index in [1.807, 2.05) is 0 Å². The van der Waals surface area contributed by atoms with E-state index in [1.165, 1.54) is 12.0 Å². The summed E-state index contributed by atoms with van der Waals surface area (Å²) in [5.74, 6) is 0.313. The second-order valence-electron chi connectivity index (χ2n) is 5.68. The summed E-state index contributed by atoms with van der Waals surface area (Å²) in [6.07, 6.45) is 0. The molecule has 0 aromatic heterocycles. The highest BCUT2D eigenvalue weighted by atomic mass is 35.5. The minimum atomic E-state index is -0.774. The number of carbonyl (C=O) groups excluding carboxylic acids is 2. The molecule has 1 aliphatic heterocycles. The molecule has 0 aliphatic carbocycles. The van der Waals surface area contributed by atoms with Crippen molar-refractivity contribution in [2.75, 3.05) is 23.9 Å². The topological polar surface area (TPSA) is 67.9 Å². The van der Waals surface area contributed by atoms with Crippen LogP contribution in [0.3, 0.4) is 0 Å². The van der Waals surface area contributed by atoms with Crippen LogP contribution in [-0.2, 0) is 9.59 Å². The Morgan fingerprint density at radius 3 is 2.73 bits per heavy atom. The molecule has 0 saturated carbocycles. The fraction of sp³-hybridized carbons (Fsp3) is 0.222. The second-order valence-corrected chi connectivity index (χ2v) is 6.52. The number of anilines is 2. The Kier molecular flexibility index (Phi) is 5.25. The van der Waals surface area contributed by atoms with Gasteiger partial charge in [-0.05, 0) is 43.3 Å². The molecule has 1 aliphatic rings. The zero-order valence-electron chi connectivity index (χ0n) is 14.1. The lowest BCUT2D eigenvalue weighted by Gasteiger charge is -2.33. The summed E-state index contributed by atoms with van der Waals surface area (Å²) in [4.78, 5) is 26.4. The zero-order valence-corrected chi connectivity index (χ0v) is 15.6. The summed E-state index contributed by atoms with van der Waals surface area (Å²) in [7, 11) is 1.51. The highest BCUT2D eigenvalue weighted by Crippen LogP contribution is 2.36. The fourth-order valence-electron chi connectivity index (χ4n) is 2.68. The van der Waals surface area contributed by atoms with Gasteiger partial charge >= 0.3 is 0 Å². The van der Waals surface area contributed by atoms with Crippen LogP contribution in [-0.4, -0.2) is 31.6 Å². The number of nitrogens with zero attached hydrogens (tertiary/aromatic N) is 1. The van der Waals surface area contributed by atoms with E-state index in [2.05, 4.69) is 5.32 Å². The number of benzene rings is 2. The van der Waals surface area contributed by atoms with Gasteiger partial charge in [0.1, 0.15) is 17.5 Å². The van der Waals surface area contributed by atoms with Crippen LogP contribution in [0.25, 0.3) is 0 Å². The summed E-state index contributed by atoms with van der Waals surface area (Å²) >= 11 is 12.1. The summed E-state index contributed by atoms with van der Waals surface area (Å²) in [6, 6.07) is 9.06. The Bertz CT molecular complexity index is 872. The normalized spacial score (nSPS) is 14.3. The van der Waals surface area contributed by atoms with Gasteiger partial charge in [0, 0.05) is 10.7 Å². The first-order valence-corrected chi connectivity index (χ1v) is 8.55. The third-order valence-electron chi connectivity index (χ3n) is 3.99. The van der Waals surface area contributed by atoms with Crippen molar-refractivity contribution in [3.8, 4) is 11.5 Å². The lowest BCUT2D eigenvalue weighted by molar-refractivity contribution is -0.125. The van der Waals surface area contributed by atoms with Gasteiger partial charge in [-0.3, -0.25) is 14.5 Å². The molecule has 2 aromatic rings. The SMILES string of the molecule is COc1ccc(NC(=O)C(C)N2C(=O)COc3ccc(Cl)cc32)cc1Cl. The van der Waals surface area contributed by atoms with E-state index in [9.17, 15) is 9.59 Å². The lowest BCUT2D eigenvalue weighted by atomic mass is 10.1. The van der Waals surface area contributed by atoms with Crippen molar-refractivity contribution in [3.05, 3.63) is 46.4 Å². The molecule has 2 aromatic carbocycles. The molecule has 2 amide bonds. The first kappa shape index (κ1) is 18.4. The molecule has 1 unspecified atom stereocenters. The number of fused-ring (bicyclic) bond motifs is 1. The van der Waals surface area contributed by atoms with Crippen LogP contribution in [0.15, 0.2) is 36.4 Å². The van der Waals surface area contributed by atoms with Crippen molar-refractivity contribution in [3.63, 3.8) is 0 Å². The van der Waals surface area contributed by atoms with E-state index >= 15 is 0 Å². The molecule has 8 heteroatoms. The molecule has 1 N–H and O–H groups in total. The molecule has 0 spiro atoms. The van der Waals surface area contributed by atoms with Crippen molar-refractivity contribution in [1.82, 2.24) is 0 Å². The number of hydrogen-bond donors (Lipinski definition) is 1. The van der Waals surface area contributed by atoms with Gasteiger partial charge in [-0.2, -0.15) is 0 Å². The van der Waals surface area contributed by atoms with E-state index < -0.39 is 6.04 Å². The van der Waals surface area contributed by atoms with E-state index in [0.717, 1.165) is 0 Å². The Hall–Kier alpha value is -2.44. The fourth-order valence-corrected chi connectivity index (χ4v) is 3.10. The van der Waals surface area contributed by atoms with Crippen LogP contribution < -0.4 is 19.7 Å². The van der Waals surface area contributed by atoms with Crippen molar-refractivity contribution in [1.29, 1.82) is 0 Å². The Labute approximate surface area is 160 Å². The van der Waals surface area contributed by atoms with Gasteiger partial charge in [0.2, 0.25) is 5.91 Å². The maximum Gasteiger partial charge on any atom is 0.265 e. The Morgan fingerprint density at radius 1 is 1.27 bits per heavy atom. The predicted octanol–water partition coefficient (Wildman–Crippen LogP) is 3.75. The maximum absolute atomic E-state index is 12.7. The number of halogens is 2. The van der Waals surface area contributed by atoms with E-state index in [0.29, 0.717) is 32.9 Å². The molecule has 0 fully saturated rings. The molecule has 136 valence electrons.